The molecule has 12 heteroatoms. The highest BCUT2D eigenvalue weighted by atomic mass is 32.1. The average molecular weight is 399 g/mol. The fourth-order valence-corrected chi connectivity index (χ4v) is 4.72. The van der Waals surface area contributed by atoms with Crippen LogP contribution in [-0.4, -0.2) is 45.2 Å². The summed E-state index contributed by atoms with van der Waals surface area (Å²) >= 11 is 1.99. The predicted molar refractivity (Wildman–Crippen MR) is 91.0 cm³/mol. The molecule has 0 radical (unpaired) electrons. The lowest BCUT2D eigenvalue weighted by molar-refractivity contribution is -0.380. The first kappa shape index (κ1) is 17.5. The van der Waals surface area contributed by atoms with Gasteiger partial charge in [-0.2, -0.15) is 0 Å². The van der Waals surface area contributed by atoms with E-state index in [0.717, 1.165) is 22.7 Å². The van der Waals surface area contributed by atoms with Crippen molar-refractivity contribution >= 4 is 32.7 Å². The number of thiophene rings is 2. The predicted octanol–water partition coefficient (Wildman–Crippen LogP) is 2.42. The van der Waals surface area contributed by atoms with Gasteiger partial charge in [-0.25, -0.2) is 4.90 Å². The second-order valence-corrected chi connectivity index (χ2v) is 7.85. The van der Waals surface area contributed by atoms with Crippen LogP contribution in [0, 0.1) is 20.2 Å². The maximum Gasteiger partial charge on any atom is 0.324 e. The maximum atomic E-state index is 11.0. The third-order valence-electron chi connectivity index (χ3n) is 4.51. The summed E-state index contributed by atoms with van der Waals surface area (Å²) in [6.45, 7) is 0.166. The number of aliphatic hydroxyl groups excluding tert-OH is 1. The van der Waals surface area contributed by atoms with Gasteiger partial charge in [-0.1, -0.05) is 22.7 Å². The van der Waals surface area contributed by atoms with E-state index in [-0.39, 0.29) is 29.8 Å². The lowest BCUT2D eigenvalue weighted by atomic mass is 10.0. The molecule has 2 saturated heterocycles. The molecule has 4 heterocycles. The van der Waals surface area contributed by atoms with Crippen molar-refractivity contribution in [2.75, 3.05) is 19.8 Å². The fourth-order valence-electron chi connectivity index (χ4n) is 3.26. The van der Waals surface area contributed by atoms with Crippen LogP contribution in [0.15, 0.2) is 22.9 Å². The van der Waals surface area contributed by atoms with E-state index in [9.17, 15) is 25.3 Å². The molecule has 2 fully saturated rings. The molecule has 2 aliphatic heterocycles. The van der Waals surface area contributed by atoms with Crippen LogP contribution in [0.2, 0.25) is 0 Å². The molecule has 10 nitrogen and oxygen atoms in total. The molecule has 2 aromatic rings. The van der Waals surface area contributed by atoms with Gasteiger partial charge in [0.1, 0.15) is 12.5 Å². The summed E-state index contributed by atoms with van der Waals surface area (Å²) < 4.78 is 11.7. The summed E-state index contributed by atoms with van der Waals surface area (Å²) in [5, 5.41) is 35.1. The van der Waals surface area contributed by atoms with Gasteiger partial charge in [0, 0.05) is 34.0 Å². The van der Waals surface area contributed by atoms with Crippen molar-refractivity contribution in [3.63, 3.8) is 0 Å². The summed E-state index contributed by atoms with van der Waals surface area (Å²) in [7, 11) is 0. The van der Waals surface area contributed by atoms with Crippen LogP contribution in [0.25, 0.3) is 0 Å². The highest BCUT2D eigenvalue weighted by Crippen LogP contribution is 2.50. The van der Waals surface area contributed by atoms with Crippen molar-refractivity contribution in [3.8, 4) is 0 Å². The monoisotopic (exact) mass is 399 g/mol. The number of rotatable bonds is 5. The molecule has 0 spiro atoms. The van der Waals surface area contributed by atoms with Crippen LogP contribution >= 0.6 is 22.7 Å². The van der Waals surface area contributed by atoms with Crippen LogP contribution in [0.5, 0.6) is 0 Å². The SMILES string of the molecule is O=[N+]([O-])c1cc([C@@H]2OCC3(CO)CO[C@@H](c4csc([N+](=O)[O-])c4)N23)cs1. The quantitative estimate of drug-likeness (QED) is 0.599. The van der Waals surface area contributed by atoms with Gasteiger partial charge in [0.25, 0.3) is 0 Å². The minimum atomic E-state index is -0.789. The van der Waals surface area contributed by atoms with Gasteiger partial charge in [-0.3, -0.25) is 20.2 Å². The maximum absolute atomic E-state index is 11.0. The number of aliphatic hydroxyl groups is 1. The molecular formula is C14H13N3O7S2. The van der Waals surface area contributed by atoms with Crippen molar-refractivity contribution < 1.29 is 24.4 Å². The molecule has 0 bridgehead atoms. The second kappa shape index (κ2) is 6.33. The summed E-state index contributed by atoms with van der Waals surface area (Å²) in [4.78, 5) is 22.8. The van der Waals surface area contributed by atoms with Crippen molar-refractivity contribution in [3.05, 3.63) is 54.2 Å². The lowest BCUT2D eigenvalue weighted by Gasteiger charge is -2.32. The van der Waals surface area contributed by atoms with Crippen LogP contribution in [-0.2, 0) is 9.47 Å². The zero-order valence-corrected chi connectivity index (χ0v) is 14.8. The molecule has 4 rings (SSSR count). The Labute approximate surface area is 154 Å². The van der Waals surface area contributed by atoms with Crippen molar-refractivity contribution in [2.45, 2.75) is 18.0 Å². The van der Waals surface area contributed by atoms with Crippen LogP contribution < -0.4 is 0 Å². The van der Waals surface area contributed by atoms with Gasteiger partial charge in [0.15, 0.2) is 0 Å². The first-order valence-electron chi connectivity index (χ1n) is 7.53. The van der Waals surface area contributed by atoms with Gasteiger partial charge < -0.3 is 14.6 Å². The number of fused-ring (bicyclic) bond motifs is 1. The molecule has 1 N–H and O–H groups in total. The number of hydrogen-bond acceptors (Lipinski definition) is 10. The largest absolute Gasteiger partial charge is 0.394 e. The van der Waals surface area contributed by atoms with Crippen molar-refractivity contribution in [1.29, 1.82) is 0 Å². The Balaban J connectivity index is 1.70. The number of hydrogen-bond donors (Lipinski definition) is 1. The van der Waals surface area contributed by atoms with E-state index in [4.69, 9.17) is 9.47 Å². The zero-order valence-electron chi connectivity index (χ0n) is 13.1. The van der Waals surface area contributed by atoms with E-state index in [0.29, 0.717) is 11.1 Å². The smallest absolute Gasteiger partial charge is 0.324 e. The number of nitro groups is 2. The van der Waals surface area contributed by atoms with Gasteiger partial charge >= 0.3 is 10.0 Å². The highest BCUT2D eigenvalue weighted by molar-refractivity contribution is 7.13. The Morgan fingerprint density at radius 2 is 1.54 bits per heavy atom. The van der Waals surface area contributed by atoms with Crippen LogP contribution in [0.1, 0.15) is 23.6 Å². The van der Waals surface area contributed by atoms with Gasteiger partial charge in [-0.05, 0) is 0 Å². The number of nitrogens with zero attached hydrogens (tertiary/aromatic N) is 3. The Hall–Kier alpha value is -1.96. The van der Waals surface area contributed by atoms with Gasteiger partial charge in [0.05, 0.1) is 35.2 Å². The molecule has 0 aromatic carbocycles. The molecule has 2 aromatic heterocycles. The standard InChI is InChI=1S/C14H13N3O7S2/c18-5-14-6-23-12(8-1-10(16(19)20)25-3-8)15(14)13(24-7-14)9-2-11(17(21)22)26-4-9/h1-4,12-13,18H,5-7H2/t12-,13-/m0/s1. The summed E-state index contributed by atoms with van der Waals surface area (Å²) in [6.07, 6.45) is -1.28. The topological polar surface area (TPSA) is 128 Å². The third-order valence-corrected chi connectivity index (χ3v) is 6.31. The normalized spacial score (nSPS) is 24.7. The summed E-state index contributed by atoms with van der Waals surface area (Å²) in [5.74, 6) is 0. The van der Waals surface area contributed by atoms with Crippen molar-refractivity contribution in [2.24, 2.45) is 0 Å². The Morgan fingerprint density at radius 1 is 1.08 bits per heavy atom. The van der Waals surface area contributed by atoms with E-state index in [1.807, 2.05) is 4.90 Å². The van der Waals surface area contributed by atoms with E-state index >= 15 is 0 Å². The molecule has 0 saturated carbocycles. The highest BCUT2D eigenvalue weighted by Gasteiger charge is 2.57. The van der Waals surface area contributed by atoms with E-state index in [1.54, 1.807) is 10.8 Å². The van der Waals surface area contributed by atoms with Crippen molar-refractivity contribution in [1.82, 2.24) is 4.90 Å². The molecule has 0 amide bonds. The zero-order chi connectivity index (χ0) is 18.5. The van der Waals surface area contributed by atoms with Gasteiger partial charge in [-0.15, -0.1) is 0 Å². The fraction of sp³-hybridized carbons (Fsp3) is 0.429. The molecule has 138 valence electrons. The molecule has 2 atom stereocenters. The van der Waals surface area contributed by atoms with Gasteiger partial charge in [0.2, 0.25) is 0 Å². The Morgan fingerprint density at radius 3 is 1.88 bits per heavy atom. The average Bonchev–Trinajstić information content (AvgIpc) is 3.36. The summed E-state index contributed by atoms with van der Waals surface area (Å²) in [6, 6.07) is 2.88. The number of ether oxygens (including phenoxy) is 2. The minimum Gasteiger partial charge on any atom is -0.394 e. The van der Waals surface area contributed by atoms with Crippen LogP contribution in [0.3, 0.4) is 0 Å². The molecule has 0 aliphatic carbocycles. The molecular weight excluding hydrogens is 386 g/mol. The first-order valence-corrected chi connectivity index (χ1v) is 9.29. The molecule has 0 unspecified atom stereocenters. The molecule has 26 heavy (non-hydrogen) atoms. The lowest BCUT2D eigenvalue weighted by Crippen LogP contribution is -2.47. The first-order chi connectivity index (χ1) is 12.4. The minimum absolute atomic E-state index is 0.00654. The second-order valence-electron chi connectivity index (χ2n) is 6.07. The molecule has 2 aliphatic rings. The third kappa shape index (κ3) is 2.62. The summed E-state index contributed by atoms with van der Waals surface area (Å²) in [5.41, 5.74) is 0.400. The van der Waals surface area contributed by atoms with E-state index in [2.05, 4.69) is 0 Å². The van der Waals surface area contributed by atoms with E-state index < -0.39 is 27.8 Å². The Kier molecular flexibility index (Phi) is 4.25. The Bertz CT molecular complexity index is 802. The van der Waals surface area contributed by atoms with Crippen LogP contribution in [0.4, 0.5) is 10.0 Å². The van der Waals surface area contributed by atoms with E-state index in [1.165, 1.54) is 12.1 Å².